The molecule has 0 saturated carbocycles. The molecule has 0 amide bonds. The average Bonchev–Trinajstić information content (AvgIpc) is 2.63. The molecule has 2 aromatic rings. The van der Waals surface area contributed by atoms with Crippen LogP contribution in [0.1, 0.15) is 29.3 Å². The van der Waals surface area contributed by atoms with E-state index in [-0.39, 0.29) is 17.6 Å². The Bertz CT molecular complexity index is 733. The quantitative estimate of drug-likeness (QED) is 0.798. The minimum absolute atomic E-state index is 0.00372. The zero-order valence-electron chi connectivity index (χ0n) is 13.6. The number of ether oxygens (including phenoxy) is 1. The van der Waals surface area contributed by atoms with E-state index < -0.39 is 0 Å². The van der Waals surface area contributed by atoms with Crippen LogP contribution in [0.25, 0.3) is 0 Å². The van der Waals surface area contributed by atoms with Crippen molar-refractivity contribution in [2.45, 2.75) is 25.9 Å². The third-order valence-electron chi connectivity index (χ3n) is 4.16. The van der Waals surface area contributed by atoms with Crippen LogP contribution in [-0.2, 0) is 6.54 Å². The van der Waals surface area contributed by atoms with E-state index in [2.05, 4.69) is 10.6 Å². The van der Waals surface area contributed by atoms with Gasteiger partial charge in [-0.2, -0.15) is 0 Å². The molecule has 0 aliphatic carbocycles. The normalized spacial score (nSPS) is 14.2. The molecular weight excluding hydrogens is 307 g/mol. The Morgan fingerprint density at radius 1 is 1.33 bits per heavy atom. The zero-order valence-corrected chi connectivity index (χ0v) is 13.6. The topological polar surface area (TPSA) is 50.4 Å². The maximum atomic E-state index is 13.7. The van der Waals surface area contributed by atoms with E-state index in [9.17, 15) is 9.18 Å². The van der Waals surface area contributed by atoms with Crippen molar-refractivity contribution in [1.82, 2.24) is 5.32 Å². The van der Waals surface area contributed by atoms with Crippen LogP contribution in [-0.4, -0.2) is 25.0 Å². The summed E-state index contributed by atoms with van der Waals surface area (Å²) >= 11 is 0. The SMILES string of the molecule is CCC(NCc1ccccc1F)C(=O)c1ccc2c(c1)NCCO2. The molecular formula is C19H21FN2O2. The molecule has 126 valence electrons. The maximum absolute atomic E-state index is 13.7. The lowest BCUT2D eigenvalue weighted by Gasteiger charge is -2.21. The van der Waals surface area contributed by atoms with Crippen molar-refractivity contribution >= 4 is 11.5 Å². The number of Topliss-reactive ketones (excluding diaryl/α,β-unsaturated/α-hetero) is 1. The number of rotatable bonds is 6. The second-order valence-electron chi connectivity index (χ2n) is 5.78. The summed E-state index contributed by atoms with van der Waals surface area (Å²) < 4.78 is 19.2. The van der Waals surface area contributed by atoms with Gasteiger partial charge in [-0.1, -0.05) is 25.1 Å². The maximum Gasteiger partial charge on any atom is 0.179 e. The molecule has 5 heteroatoms. The molecule has 1 atom stereocenters. The summed E-state index contributed by atoms with van der Waals surface area (Å²) in [6.45, 7) is 3.62. The van der Waals surface area contributed by atoms with Crippen LogP contribution in [0.3, 0.4) is 0 Å². The van der Waals surface area contributed by atoms with Gasteiger partial charge in [-0.25, -0.2) is 4.39 Å². The molecule has 0 bridgehead atoms. The molecule has 1 aliphatic heterocycles. The number of fused-ring (bicyclic) bond motifs is 1. The van der Waals surface area contributed by atoms with E-state index in [1.54, 1.807) is 24.3 Å². The number of nitrogens with one attached hydrogen (secondary N) is 2. The monoisotopic (exact) mass is 328 g/mol. The van der Waals surface area contributed by atoms with Gasteiger partial charge in [-0.05, 0) is 30.7 Å². The highest BCUT2D eigenvalue weighted by Gasteiger charge is 2.20. The van der Waals surface area contributed by atoms with Gasteiger partial charge in [0.2, 0.25) is 0 Å². The van der Waals surface area contributed by atoms with Gasteiger partial charge >= 0.3 is 0 Å². The number of hydrogen-bond acceptors (Lipinski definition) is 4. The van der Waals surface area contributed by atoms with Crippen molar-refractivity contribution in [1.29, 1.82) is 0 Å². The highest BCUT2D eigenvalue weighted by atomic mass is 19.1. The molecule has 1 unspecified atom stereocenters. The standard InChI is InChI=1S/C19H21FN2O2/c1-2-16(22-12-14-5-3-4-6-15(14)20)19(23)13-7-8-18-17(11-13)21-9-10-24-18/h3-8,11,16,21-22H,2,9-10,12H2,1H3. The van der Waals surface area contributed by atoms with Crippen molar-refractivity contribution in [3.8, 4) is 5.75 Å². The lowest BCUT2D eigenvalue weighted by molar-refractivity contribution is 0.0939. The lowest BCUT2D eigenvalue weighted by atomic mass is 10.0. The van der Waals surface area contributed by atoms with Crippen LogP contribution in [0, 0.1) is 5.82 Å². The fraction of sp³-hybridized carbons (Fsp3) is 0.316. The first-order valence-electron chi connectivity index (χ1n) is 8.20. The van der Waals surface area contributed by atoms with Gasteiger partial charge in [-0.15, -0.1) is 0 Å². The minimum atomic E-state index is -0.354. The van der Waals surface area contributed by atoms with Crippen LogP contribution in [0.5, 0.6) is 5.75 Å². The summed E-state index contributed by atoms with van der Waals surface area (Å²) in [6.07, 6.45) is 0.633. The predicted octanol–water partition coefficient (Wildman–Crippen LogP) is 3.38. The first-order chi connectivity index (χ1) is 11.7. The number of halogens is 1. The first-order valence-corrected chi connectivity index (χ1v) is 8.20. The fourth-order valence-corrected chi connectivity index (χ4v) is 2.79. The summed E-state index contributed by atoms with van der Waals surface area (Å²) in [4.78, 5) is 12.7. The predicted molar refractivity (Wildman–Crippen MR) is 92.1 cm³/mol. The van der Waals surface area contributed by atoms with Crippen LogP contribution >= 0.6 is 0 Å². The molecule has 0 radical (unpaired) electrons. The van der Waals surface area contributed by atoms with Crippen LogP contribution in [0.4, 0.5) is 10.1 Å². The summed E-state index contributed by atoms with van der Waals surface area (Å²) in [6, 6.07) is 11.7. The second kappa shape index (κ2) is 7.45. The van der Waals surface area contributed by atoms with Gasteiger partial charge in [0.15, 0.2) is 5.78 Å². The third-order valence-corrected chi connectivity index (χ3v) is 4.16. The largest absolute Gasteiger partial charge is 0.490 e. The van der Waals surface area contributed by atoms with Crippen molar-refractivity contribution in [2.75, 3.05) is 18.5 Å². The van der Waals surface area contributed by atoms with E-state index in [1.807, 2.05) is 19.1 Å². The summed E-state index contributed by atoms with van der Waals surface area (Å²) in [5, 5.41) is 6.40. The molecule has 3 rings (SSSR count). The second-order valence-corrected chi connectivity index (χ2v) is 5.78. The van der Waals surface area contributed by atoms with Gasteiger partial charge in [-0.3, -0.25) is 4.79 Å². The molecule has 4 nitrogen and oxygen atoms in total. The van der Waals surface area contributed by atoms with Crippen molar-refractivity contribution < 1.29 is 13.9 Å². The van der Waals surface area contributed by atoms with E-state index in [4.69, 9.17) is 4.74 Å². The Kier molecular flexibility index (Phi) is 5.11. The Labute approximate surface area is 141 Å². The Hall–Kier alpha value is -2.40. The smallest absolute Gasteiger partial charge is 0.179 e. The van der Waals surface area contributed by atoms with Gasteiger partial charge in [0.1, 0.15) is 18.2 Å². The highest BCUT2D eigenvalue weighted by molar-refractivity contribution is 6.01. The highest BCUT2D eigenvalue weighted by Crippen LogP contribution is 2.28. The van der Waals surface area contributed by atoms with E-state index in [0.717, 1.165) is 18.0 Å². The van der Waals surface area contributed by atoms with E-state index in [1.165, 1.54) is 6.07 Å². The Morgan fingerprint density at radius 3 is 2.96 bits per heavy atom. The summed E-state index contributed by atoms with van der Waals surface area (Å²) in [5.41, 5.74) is 2.03. The number of benzene rings is 2. The molecule has 0 fully saturated rings. The van der Waals surface area contributed by atoms with Crippen LogP contribution < -0.4 is 15.4 Å². The number of carbonyl (C=O) groups excluding carboxylic acids is 1. The molecule has 0 spiro atoms. The zero-order chi connectivity index (χ0) is 16.9. The fourth-order valence-electron chi connectivity index (χ4n) is 2.79. The summed E-state index contributed by atoms with van der Waals surface area (Å²) in [7, 11) is 0. The number of ketones is 1. The average molecular weight is 328 g/mol. The molecule has 1 heterocycles. The first kappa shape index (κ1) is 16.5. The van der Waals surface area contributed by atoms with E-state index in [0.29, 0.717) is 30.7 Å². The molecule has 1 aliphatic rings. The molecule has 0 saturated heterocycles. The van der Waals surface area contributed by atoms with Crippen LogP contribution in [0.15, 0.2) is 42.5 Å². The molecule has 2 aromatic carbocycles. The minimum Gasteiger partial charge on any atom is -0.490 e. The number of anilines is 1. The third kappa shape index (κ3) is 3.57. The van der Waals surface area contributed by atoms with Gasteiger partial charge < -0.3 is 15.4 Å². The van der Waals surface area contributed by atoms with Crippen molar-refractivity contribution in [2.24, 2.45) is 0 Å². The Morgan fingerprint density at radius 2 is 2.17 bits per heavy atom. The van der Waals surface area contributed by atoms with Crippen molar-refractivity contribution in [3.63, 3.8) is 0 Å². The van der Waals surface area contributed by atoms with E-state index >= 15 is 0 Å². The van der Waals surface area contributed by atoms with Crippen LogP contribution in [0.2, 0.25) is 0 Å². The molecule has 0 aromatic heterocycles. The molecule has 24 heavy (non-hydrogen) atoms. The number of hydrogen-bond donors (Lipinski definition) is 2. The number of carbonyl (C=O) groups is 1. The summed E-state index contributed by atoms with van der Waals surface area (Å²) in [5.74, 6) is 0.511. The van der Waals surface area contributed by atoms with Gasteiger partial charge in [0.25, 0.3) is 0 Å². The Balaban J connectivity index is 1.71. The van der Waals surface area contributed by atoms with Crippen molar-refractivity contribution in [3.05, 3.63) is 59.4 Å². The molecule has 2 N–H and O–H groups in total. The van der Waals surface area contributed by atoms with Gasteiger partial charge in [0, 0.05) is 24.2 Å². The lowest BCUT2D eigenvalue weighted by Crippen LogP contribution is -2.36. The van der Waals surface area contributed by atoms with Gasteiger partial charge in [0.05, 0.1) is 11.7 Å².